The van der Waals surface area contributed by atoms with Crippen LogP contribution in [-0.2, 0) is 14.3 Å². The van der Waals surface area contributed by atoms with Crippen molar-refractivity contribution in [2.45, 2.75) is 25.4 Å². The Morgan fingerprint density at radius 3 is 2.61 bits per heavy atom. The summed E-state index contributed by atoms with van der Waals surface area (Å²) >= 11 is 0. The van der Waals surface area contributed by atoms with E-state index in [9.17, 15) is 9.18 Å². The number of guanidine groups is 1. The normalized spacial score (nSPS) is 19.5. The quantitative estimate of drug-likeness (QED) is 0.345. The molecule has 8 nitrogen and oxygen atoms in total. The van der Waals surface area contributed by atoms with Gasteiger partial charge in [0.25, 0.3) is 0 Å². The first kappa shape index (κ1) is 23.3. The number of ether oxygens (including phenoxy) is 2. The second kappa shape index (κ2) is 12.5. The van der Waals surface area contributed by atoms with Crippen LogP contribution in [0.25, 0.3) is 0 Å². The smallest absolute Gasteiger partial charge is 0.224 e. The number of amides is 1. The van der Waals surface area contributed by atoms with Crippen LogP contribution >= 0.6 is 0 Å². The second-order valence-corrected chi connectivity index (χ2v) is 7.73. The predicted molar refractivity (Wildman–Crippen MR) is 119 cm³/mol. The van der Waals surface area contributed by atoms with Crippen LogP contribution in [0.15, 0.2) is 29.3 Å². The highest BCUT2D eigenvalue weighted by Gasteiger charge is 2.21. The van der Waals surface area contributed by atoms with Gasteiger partial charge in [-0.15, -0.1) is 0 Å². The molecule has 2 N–H and O–H groups in total. The molecule has 2 saturated heterocycles. The number of hydrogen-bond donors (Lipinski definition) is 2. The summed E-state index contributed by atoms with van der Waals surface area (Å²) < 4.78 is 24.1. The van der Waals surface area contributed by atoms with Crippen molar-refractivity contribution in [2.24, 2.45) is 4.99 Å². The van der Waals surface area contributed by atoms with Crippen LogP contribution in [0.5, 0.6) is 0 Å². The number of piperazine rings is 1. The molecule has 0 bridgehead atoms. The summed E-state index contributed by atoms with van der Waals surface area (Å²) in [7, 11) is 1.72. The molecule has 1 amide bonds. The predicted octanol–water partition coefficient (Wildman–Crippen LogP) is 1.23. The summed E-state index contributed by atoms with van der Waals surface area (Å²) in [5.41, 5.74) is 0.993. The zero-order valence-electron chi connectivity index (χ0n) is 18.3. The molecule has 3 rings (SSSR count). The van der Waals surface area contributed by atoms with Crippen molar-refractivity contribution in [3.05, 3.63) is 30.1 Å². The molecule has 31 heavy (non-hydrogen) atoms. The van der Waals surface area contributed by atoms with Crippen LogP contribution in [0.2, 0.25) is 0 Å². The maximum Gasteiger partial charge on any atom is 0.224 e. The average Bonchev–Trinajstić information content (AvgIpc) is 3.32. The minimum atomic E-state index is -0.234. The molecule has 2 aliphatic heterocycles. The summed E-state index contributed by atoms with van der Waals surface area (Å²) in [5.74, 6) is 0.592. The van der Waals surface area contributed by atoms with Crippen LogP contribution < -0.4 is 15.5 Å². The number of carbonyl (C=O) groups excluding carboxylic acids is 1. The number of nitrogens with zero attached hydrogens (tertiary/aromatic N) is 3. The summed E-state index contributed by atoms with van der Waals surface area (Å²) in [6.07, 6.45) is 2.52. The van der Waals surface area contributed by atoms with Crippen LogP contribution in [-0.4, -0.2) is 89.0 Å². The van der Waals surface area contributed by atoms with E-state index in [0.29, 0.717) is 45.2 Å². The Hall–Kier alpha value is -2.39. The molecule has 1 aromatic carbocycles. The molecule has 1 unspecified atom stereocenters. The third kappa shape index (κ3) is 7.66. The van der Waals surface area contributed by atoms with E-state index in [1.807, 2.05) is 4.90 Å². The molecule has 0 saturated carbocycles. The summed E-state index contributed by atoms with van der Waals surface area (Å²) in [6.45, 7) is 6.34. The number of rotatable bonds is 9. The van der Waals surface area contributed by atoms with Gasteiger partial charge in [-0.1, -0.05) is 0 Å². The number of anilines is 1. The van der Waals surface area contributed by atoms with Crippen LogP contribution in [0.4, 0.5) is 10.1 Å². The first-order chi connectivity index (χ1) is 15.2. The van der Waals surface area contributed by atoms with E-state index >= 15 is 0 Å². The Balaban J connectivity index is 1.26. The standard InChI is InChI=1S/C22H34FN5O3/c1-24-22(25-9-2-15-31-20-8-16-30-17-20)26-10-7-21(29)28-13-11-27(12-14-28)19-5-3-18(23)4-6-19/h3-6,20H,2,7-17H2,1H3,(H2,24,25,26). The largest absolute Gasteiger partial charge is 0.379 e. The molecule has 1 aromatic rings. The lowest BCUT2D eigenvalue weighted by molar-refractivity contribution is -0.131. The van der Waals surface area contributed by atoms with Crippen molar-refractivity contribution in [1.82, 2.24) is 15.5 Å². The second-order valence-electron chi connectivity index (χ2n) is 7.73. The Bertz CT molecular complexity index is 702. The van der Waals surface area contributed by atoms with Crippen molar-refractivity contribution >= 4 is 17.6 Å². The number of nitrogens with one attached hydrogen (secondary N) is 2. The number of benzene rings is 1. The number of carbonyl (C=O) groups is 1. The first-order valence-corrected chi connectivity index (χ1v) is 11.1. The summed E-state index contributed by atoms with van der Waals surface area (Å²) in [4.78, 5) is 20.8. The van der Waals surface area contributed by atoms with Crippen molar-refractivity contribution in [2.75, 3.05) is 71.0 Å². The molecular weight excluding hydrogens is 401 g/mol. The van der Waals surface area contributed by atoms with Crippen LogP contribution in [0.3, 0.4) is 0 Å². The van der Waals surface area contributed by atoms with Gasteiger partial charge in [0.1, 0.15) is 5.82 Å². The zero-order valence-corrected chi connectivity index (χ0v) is 18.3. The topological polar surface area (TPSA) is 78.4 Å². The van der Waals surface area contributed by atoms with E-state index < -0.39 is 0 Å². The van der Waals surface area contributed by atoms with Crippen molar-refractivity contribution in [1.29, 1.82) is 0 Å². The van der Waals surface area contributed by atoms with E-state index in [1.165, 1.54) is 12.1 Å². The third-order valence-electron chi connectivity index (χ3n) is 5.53. The van der Waals surface area contributed by atoms with Gasteiger partial charge in [-0.05, 0) is 37.1 Å². The summed E-state index contributed by atoms with van der Waals surface area (Å²) in [6, 6.07) is 6.50. The van der Waals surface area contributed by atoms with Crippen molar-refractivity contribution in [3.63, 3.8) is 0 Å². The molecule has 1 atom stereocenters. The maximum absolute atomic E-state index is 13.1. The zero-order chi connectivity index (χ0) is 21.9. The van der Waals surface area contributed by atoms with E-state index in [2.05, 4.69) is 20.5 Å². The lowest BCUT2D eigenvalue weighted by atomic mass is 10.2. The molecule has 0 spiro atoms. The van der Waals surface area contributed by atoms with Gasteiger partial charge in [-0.2, -0.15) is 0 Å². The van der Waals surface area contributed by atoms with E-state index in [0.717, 1.165) is 44.8 Å². The lowest BCUT2D eigenvalue weighted by Gasteiger charge is -2.36. The van der Waals surface area contributed by atoms with Crippen molar-refractivity contribution in [3.8, 4) is 0 Å². The van der Waals surface area contributed by atoms with Gasteiger partial charge in [0.15, 0.2) is 5.96 Å². The Morgan fingerprint density at radius 2 is 1.94 bits per heavy atom. The highest BCUT2D eigenvalue weighted by atomic mass is 19.1. The van der Waals surface area contributed by atoms with Gasteiger partial charge in [0, 0.05) is 71.6 Å². The van der Waals surface area contributed by atoms with Crippen LogP contribution in [0, 0.1) is 5.82 Å². The van der Waals surface area contributed by atoms with Gasteiger partial charge < -0.3 is 29.9 Å². The molecule has 2 aliphatic rings. The maximum atomic E-state index is 13.1. The highest BCUT2D eigenvalue weighted by Crippen LogP contribution is 2.17. The number of aliphatic imine (C=N–C) groups is 1. The van der Waals surface area contributed by atoms with Gasteiger partial charge in [-0.3, -0.25) is 9.79 Å². The summed E-state index contributed by atoms with van der Waals surface area (Å²) in [5, 5.41) is 6.44. The fourth-order valence-electron chi connectivity index (χ4n) is 3.71. The highest BCUT2D eigenvalue weighted by molar-refractivity contribution is 5.81. The molecule has 2 heterocycles. The third-order valence-corrected chi connectivity index (χ3v) is 5.53. The van der Waals surface area contributed by atoms with Gasteiger partial charge in [0.2, 0.25) is 5.91 Å². The minimum absolute atomic E-state index is 0.133. The van der Waals surface area contributed by atoms with E-state index in [-0.39, 0.29) is 17.8 Å². The fraction of sp³-hybridized carbons (Fsp3) is 0.636. The average molecular weight is 436 g/mol. The molecule has 0 aromatic heterocycles. The Labute approximate surface area is 183 Å². The Kier molecular flexibility index (Phi) is 9.36. The molecular formula is C22H34FN5O3. The minimum Gasteiger partial charge on any atom is -0.379 e. The lowest BCUT2D eigenvalue weighted by Crippen LogP contribution is -2.49. The monoisotopic (exact) mass is 435 g/mol. The van der Waals surface area contributed by atoms with Gasteiger partial charge >= 0.3 is 0 Å². The molecule has 0 radical (unpaired) electrons. The molecule has 2 fully saturated rings. The van der Waals surface area contributed by atoms with E-state index in [1.54, 1.807) is 19.2 Å². The molecule has 9 heteroatoms. The number of halogens is 1. The fourth-order valence-corrected chi connectivity index (χ4v) is 3.71. The first-order valence-electron chi connectivity index (χ1n) is 11.1. The van der Waals surface area contributed by atoms with E-state index in [4.69, 9.17) is 9.47 Å². The SMILES string of the molecule is CN=C(NCCCOC1CCOC1)NCCC(=O)N1CCN(c2ccc(F)cc2)CC1. The van der Waals surface area contributed by atoms with Crippen LogP contribution in [0.1, 0.15) is 19.3 Å². The molecule has 0 aliphatic carbocycles. The Morgan fingerprint density at radius 1 is 1.19 bits per heavy atom. The van der Waals surface area contributed by atoms with Gasteiger partial charge in [0.05, 0.1) is 12.7 Å². The van der Waals surface area contributed by atoms with Gasteiger partial charge in [-0.25, -0.2) is 4.39 Å². The van der Waals surface area contributed by atoms with Crippen molar-refractivity contribution < 1.29 is 18.7 Å². The molecule has 172 valence electrons. The number of hydrogen-bond acceptors (Lipinski definition) is 5.